The van der Waals surface area contributed by atoms with Crippen LogP contribution in [0.3, 0.4) is 0 Å². The Morgan fingerprint density at radius 1 is 0.700 bits per heavy atom. The first kappa shape index (κ1) is 63.6. The predicted molar refractivity (Wildman–Crippen MR) is 303 cm³/mol. The second-order valence-electron chi connectivity index (χ2n) is 19.5. The Morgan fingerprint density at radius 2 is 1.24 bits per heavy atom. The predicted octanol–water partition coefficient (Wildman–Crippen LogP) is 0.665. The fourth-order valence-electron chi connectivity index (χ4n) is 8.60. The number of nitrogens with two attached hydrogens (primary N) is 4. The third-order valence-corrected chi connectivity index (χ3v) is 16.0. The second-order valence-corrected chi connectivity index (χ2v) is 22.5. The van der Waals surface area contributed by atoms with Gasteiger partial charge in [0.25, 0.3) is 0 Å². The first-order valence-electron chi connectivity index (χ1n) is 25.7. The van der Waals surface area contributed by atoms with E-state index < -0.39 is 114 Å². The van der Waals surface area contributed by atoms with Gasteiger partial charge in [0, 0.05) is 54.3 Å². The van der Waals surface area contributed by atoms with Crippen LogP contribution in [0.5, 0.6) is 11.5 Å². The van der Waals surface area contributed by atoms with E-state index in [4.69, 9.17) is 34.5 Å². The first-order chi connectivity index (χ1) is 38.0. The third kappa shape index (κ3) is 19.5. The number of phenolic OH excluding ortho intramolecular Hbond substituents is 2. The lowest BCUT2D eigenvalue weighted by molar-refractivity contribution is -0.141. The maximum absolute atomic E-state index is 14.8. The minimum atomic E-state index is -1.75. The summed E-state index contributed by atoms with van der Waals surface area (Å²) in [7, 11) is 3.29. The van der Waals surface area contributed by atoms with Crippen molar-refractivity contribution < 1.29 is 58.5 Å². The van der Waals surface area contributed by atoms with Gasteiger partial charge in [-0.25, -0.2) is 0 Å². The molecule has 1 aliphatic rings. The van der Waals surface area contributed by atoms with Crippen LogP contribution in [-0.2, 0) is 64.0 Å². The van der Waals surface area contributed by atoms with Crippen LogP contribution < -0.4 is 49.5 Å². The normalized spacial score (nSPS) is 21.1. The highest BCUT2D eigenvalue weighted by Crippen LogP contribution is 2.27. The lowest BCUT2D eigenvalue weighted by Gasteiger charge is -2.31. The standard InChI is InChI=1S/C55H69ClN10O12S2/c1-30(67)47-54(77)64-44(55(78)66(2)45(49(60)72)26-34-12-20-39(69)21-13-34)29-80-79-28-43(63-51(74)40(58)24-32-8-16-37(56)17-9-32)46(70)27-36(23-31-10-18-38(68)19-11-31)50(73)62-42(25-33-6-14-35(15-7-33)48(59)71)53(76)61-41(52(75)65-47)5-3-4-22-57/h6-21,30,36,40-45,47,67-69H,3-5,22-29,57-58H2,1-2H3,(H2,59,71)(H2,60,72)(H,61,76)(H,62,73)(H,63,74)(H,64,77)(H,65,75)/t30-,36-,40+,41+,42-,43-,44+,45-,47+/m1/s1. The van der Waals surface area contributed by atoms with Crippen molar-refractivity contribution in [1.29, 1.82) is 0 Å². The van der Waals surface area contributed by atoms with Crippen LogP contribution in [0, 0.1) is 5.92 Å². The molecule has 0 spiro atoms. The van der Waals surface area contributed by atoms with Gasteiger partial charge in [-0.3, -0.25) is 43.2 Å². The molecule has 0 aliphatic carbocycles. The van der Waals surface area contributed by atoms with Crippen molar-refractivity contribution in [2.75, 3.05) is 25.1 Å². The number of nitrogens with one attached hydrogen (secondary N) is 5. The number of carbonyl (C=O) groups excluding carboxylic acids is 9. The van der Waals surface area contributed by atoms with E-state index in [1.165, 1.54) is 74.6 Å². The van der Waals surface area contributed by atoms with Crippen LogP contribution in [0.15, 0.2) is 97.1 Å². The number of aliphatic hydroxyl groups excluding tert-OH is 1. The van der Waals surface area contributed by atoms with Gasteiger partial charge < -0.3 is 69.7 Å². The summed E-state index contributed by atoms with van der Waals surface area (Å²) >= 11 is 6.08. The van der Waals surface area contributed by atoms with Crippen LogP contribution in [0.2, 0.25) is 5.02 Å². The summed E-state index contributed by atoms with van der Waals surface area (Å²) in [5.74, 6) is -9.28. The number of hydrogen-bond donors (Lipinski definition) is 12. The number of aromatic hydroxyl groups is 2. The molecule has 4 aromatic rings. The zero-order valence-corrected chi connectivity index (χ0v) is 46.6. The Labute approximate surface area is 476 Å². The molecule has 22 nitrogen and oxygen atoms in total. The molecular formula is C55H69ClN10O12S2. The van der Waals surface area contributed by atoms with Crippen molar-refractivity contribution >= 4 is 86.2 Å². The number of Topliss-reactive ketones (excluding diaryl/α,β-unsaturated/α-hetero) is 1. The molecule has 0 aromatic heterocycles. The van der Waals surface area contributed by atoms with Crippen LogP contribution >= 0.6 is 33.2 Å². The maximum atomic E-state index is 14.8. The minimum Gasteiger partial charge on any atom is -0.508 e. The van der Waals surface area contributed by atoms with Crippen molar-refractivity contribution in [1.82, 2.24) is 31.5 Å². The van der Waals surface area contributed by atoms with Gasteiger partial charge in [-0.2, -0.15) is 0 Å². The van der Waals surface area contributed by atoms with Gasteiger partial charge in [0.1, 0.15) is 41.7 Å². The van der Waals surface area contributed by atoms with Gasteiger partial charge >= 0.3 is 0 Å². The Kier molecular flexibility index (Phi) is 24.6. The number of hydrogen-bond acceptors (Lipinski definition) is 16. The number of primary amides is 2. The SMILES string of the molecule is C[C@@H](O)[C@@H]1NC(=O)[C@H](CCCCN)NC(=O)[C@@H](Cc2ccc(C(N)=O)cc2)NC(=O)[C@H](Cc2ccc(O)cc2)CC(=O)[C@H](NC(=O)[C@@H](N)Cc2ccc(Cl)cc2)CSSC[C@@H](C(=O)N(C)[C@H](Cc2ccc(O)cc2)C(N)=O)NC1=O. The number of carbonyl (C=O) groups is 9. The summed E-state index contributed by atoms with van der Waals surface area (Å²) in [6.07, 6.45) is -1.87. The highest BCUT2D eigenvalue weighted by Gasteiger charge is 2.38. The summed E-state index contributed by atoms with van der Waals surface area (Å²) in [5, 5.41) is 44.8. The number of nitrogens with zero attached hydrogens (tertiary/aromatic N) is 1. The molecule has 1 aliphatic heterocycles. The Balaban J connectivity index is 1.59. The number of likely N-dealkylation sites (N-methyl/N-ethyl adjacent to an activating group) is 1. The lowest BCUT2D eigenvalue weighted by atomic mass is 9.90. The van der Waals surface area contributed by atoms with Crippen molar-refractivity contribution in [3.05, 3.63) is 130 Å². The fourth-order valence-corrected chi connectivity index (χ4v) is 11.1. The Bertz CT molecular complexity index is 2800. The number of unbranched alkanes of at least 4 members (excludes halogenated alkanes) is 1. The molecule has 1 heterocycles. The molecule has 0 saturated carbocycles. The zero-order valence-electron chi connectivity index (χ0n) is 44.2. The molecule has 0 bridgehead atoms. The second kappa shape index (κ2) is 31.0. The van der Waals surface area contributed by atoms with E-state index in [-0.39, 0.29) is 73.6 Å². The molecule has 25 heteroatoms. The van der Waals surface area contributed by atoms with Crippen LogP contribution in [0.4, 0.5) is 0 Å². The molecule has 1 saturated heterocycles. The summed E-state index contributed by atoms with van der Waals surface area (Å²) < 4.78 is 0. The van der Waals surface area contributed by atoms with Gasteiger partial charge in [-0.1, -0.05) is 81.7 Å². The van der Waals surface area contributed by atoms with Crippen molar-refractivity contribution in [2.24, 2.45) is 28.9 Å². The van der Waals surface area contributed by atoms with Crippen molar-refractivity contribution in [2.45, 2.75) is 107 Å². The summed E-state index contributed by atoms with van der Waals surface area (Å²) in [4.78, 5) is 127. The molecule has 16 N–H and O–H groups in total. The first-order valence-corrected chi connectivity index (χ1v) is 28.6. The molecule has 0 radical (unpaired) electrons. The van der Waals surface area contributed by atoms with Crippen molar-refractivity contribution in [3.63, 3.8) is 0 Å². The summed E-state index contributed by atoms with van der Waals surface area (Å²) in [5.41, 5.74) is 25.8. The molecule has 430 valence electrons. The van der Waals surface area contributed by atoms with Gasteiger partial charge in [0.05, 0.1) is 18.2 Å². The van der Waals surface area contributed by atoms with Gasteiger partial charge in [-0.05, 0) is 116 Å². The molecule has 4 aromatic carbocycles. The number of ketones is 1. The molecule has 8 amide bonds. The highest BCUT2D eigenvalue weighted by molar-refractivity contribution is 8.76. The number of halogens is 1. The molecule has 80 heavy (non-hydrogen) atoms. The molecule has 0 unspecified atom stereocenters. The summed E-state index contributed by atoms with van der Waals surface area (Å²) in [6.45, 7) is 1.43. The highest BCUT2D eigenvalue weighted by atomic mass is 35.5. The van der Waals surface area contributed by atoms with Gasteiger partial charge in [-0.15, -0.1) is 0 Å². The monoisotopic (exact) mass is 1160 g/mol. The van der Waals surface area contributed by atoms with Crippen LogP contribution in [0.25, 0.3) is 0 Å². The number of amides is 8. The smallest absolute Gasteiger partial charge is 0.248 e. The molecule has 9 atom stereocenters. The maximum Gasteiger partial charge on any atom is 0.248 e. The minimum absolute atomic E-state index is 0.0410. The van der Waals surface area contributed by atoms with Gasteiger partial charge in [0.2, 0.25) is 47.3 Å². The van der Waals surface area contributed by atoms with E-state index in [1.54, 1.807) is 36.4 Å². The number of aliphatic hydroxyl groups is 1. The molecule has 1 fully saturated rings. The van der Waals surface area contributed by atoms with E-state index in [1.807, 2.05) is 0 Å². The van der Waals surface area contributed by atoms with Crippen LogP contribution in [-0.4, -0.2) is 147 Å². The largest absolute Gasteiger partial charge is 0.508 e. The van der Waals surface area contributed by atoms with Gasteiger partial charge in [0.15, 0.2) is 5.78 Å². The number of benzene rings is 4. The third-order valence-electron chi connectivity index (χ3n) is 13.3. The summed E-state index contributed by atoms with van der Waals surface area (Å²) in [6, 6.07) is 14.3. The number of phenols is 2. The lowest BCUT2D eigenvalue weighted by Crippen LogP contribution is -2.62. The molecular weight excluding hydrogens is 1090 g/mol. The average Bonchev–Trinajstić information content (AvgIpc) is 3.43. The van der Waals surface area contributed by atoms with E-state index in [2.05, 4.69) is 26.6 Å². The Hall–Kier alpha value is -7.22. The quantitative estimate of drug-likeness (QED) is 0.0453. The topological polar surface area (TPSA) is 382 Å². The van der Waals surface area contributed by atoms with Crippen molar-refractivity contribution in [3.8, 4) is 11.5 Å². The van der Waals surface area contributed by atoms with E-state index >= 15 is 0 Å². The zero-order chi connectivity index (χ0) is 58.6. The van der Waals surface area contributed by atoms with Crippen LogP contribution in [0.1, 0.15) is 65.2 Å². The van der Waals surface area contributed by atoms with E-state index in [0.717, 1.165) is 26.5 Å². The number of rotatable bonds is 19. The van der Waals surface area contributed by atoms with E-state index in [9.17, 15) is 58.5 Å². The Morgan fingerprint density at radius 3 is 1.82 bits per heavy atom. The fraction of sp³-hybridized carbons (Fsp3) is 0.400. The van der Waals surface area contributed by atoms with E-state index in [0.29, 0.717) is 33.7 Å². The average molecular weight is 1160 g/mol. The molecule has 5 rings (SSSR count).